The quantitative estimate of drug-likeness (QED) is 0.729. The number of benzene rings is 2. The highest BCUT2D eigenvalue weighted by molar-refractivity contribution is 6.06. The van der Waals surface area contributed by atoms with Crippen LogP contribution in [0.1, 0.15) is 10.4 Å². The molecule has 0 unspecified atom stereocenters. The molecule has 3 rings (SSSR count). The van der Waals surface area contributed by atoms with Crippen molar-refractivity contribution in [2.75, 3.05) is 13.2 Å². The van der Waals surface area contributed by atoms with Crippen molar-refractivity contribution in [2.24, 2.45) is 0 Å². The number of carbonyl (C=O) groups is 1. The van der Waals surface area contributed by atoms with Crippen molar-refractivity contribution in [1.82, 2.24) is 0 Å². The third kappa shape index (κ3) is 2.06. The summed E-state index contributed by atoms with van der Waals surface area (Å²) < 4.78 is 11.1. The molecule has 19 heavy (non-hydrogen) atoms. The predicted molar refractivity (Wildman–Crippen MR) is 71.7 cm³/mol. The van der Waals surface area contributed by atoms with Crippen molar-refractivity contribution >= 4 is 28.2 Å². The van der Waals surface area contributed by atoms with Gasteiger partial charge in [-0.3, -0.25) is 4.79 Å². The predicted octanol–water partition coefficient (Wildman–Crippen LogP) is 2.77. The SMILES string of the molecule is O=Cc1ccc2oc3ccc(OCCO)cc3c2c1. The second-order valence-electron chi connectivity index (χ2n) is 4.21. The van der Waals surface area contributed by atoms with Crippen molar-refractivity contribution in [2.45, 2.75) is 0 Å². The Morgan fingerprint density at radius 1 is 1.11 bits per heavy atom. The van der Waals surface area contributed by atoms with Crippen LogP contribution >= 0.6 is 0 Å². The fourth-order valence-electron chi connectivity index (χ4n) is 2.10. The van der Waals surface area contributed by atoms with Crippen LogP contribution < -0.4 is 4.74 Å². The minimum absolute atomic E-state index is 0.0283. The second-order valence-corrected chi connectivity index (χ2v) is 4.21. The maximum absolute atomic E-state index is 10.8. The summed E-state index contributed by atoms with van der Waals surface area (Å²) in [6.45, 7) is 0.223. The van der Waals surface area contributed by atoms with Gasteiger partial charge in [0.25, 0.3) is 0 Å². The van der Waals surface area contributed by atoms with E-state index in [9.17, 15) is 4.79 Å². The van der Waals surface area contributed by atoms with E-state index in [4.69, 9.17) is 14.3 Å². The zero-order chi connectivity index (χ0) is 13.2. The molecule has 0 bridgehead atoms. The van der Waals surface area contributed by atoms with Crippen LogP contribution in [0.15, 0.2) is 40.8 Å². The van der Waals surface area contributed by atoms with Crippen molar-refractivity contribution in [3.63, 3.8) is 0 Å². The number of carbonyl (C=O) groups excluding carboxylic acids is 1. The van der Waals surface area contributed by atoms with Gasteiger partial charge >= 0.3 is 0 Å². The maximum atomic E-state index is 10.8. The van der Waals surface area contributed by atoms with Crippen molar-refractivity contribution < 1.29 is 19.1 Å². The molecular formula is C15H12O4. The highest BCUT2D eigenvalue weighted by Gasteiger charge is 2.08. The lowest BCUT2D eigenvalue weighted by molar-refractivity contribution is 0.112. The van der Waals surface area contributed by atoms with Gasteiger partial charge in [-0.15, -0.1) is 0 Å². The van der Waals surface area contributed by atoms with Gasteiger partial charge < -0.3 is 14.3 Å². The summed E-state index contributed by atoms with van der Waals surface area (Å²) in [5, 5.41) is 10.5. The first-order chi connectivity index (χ1) is 9.31. The van der Waals surface area contributed by atoms with Crippen LogP contribution in [-0.2, 0) is 0 Å². The van der Waals surface area contributed by atoms with E-state index in [-0.39, 0.29) is 13.2 Å². The Morgan fingerprint density at radius 3 is 2.58 bits per heavy atom. The third-order valence-electron chi connectivity index (χ3n) is 2.96. The normalized spacial score (nSPS) is 11.0. The molecular weight excluding hydrogens is 244 g/mol. The molecule has 0 aliphatic rings. The highest BCUT2D eigenvalue weighted by Crippen LogP contribution is 2.31. The molecule has 0 atom stereocenters. The summed E-state index contributed by atoms with van der Waals surface area (Å²) in [6, 6.07) is 10.8. The summed E-state index contributed by atoms with van der Waals surface area (Å²) in [7, 11) is 0. The molecule has 0 saturated heterocycles. The van der Waals surface area contributed by atoms with Crippen LogP contribution in [0.5, 0.6) is 5.75 Å². The number of ether oxygens (including phenoxy) is 1. The summed E-state index contributed by atoms with van der Waals surface area (Å²) in [4.78, 5) is 10.8. The van der Waals surface area contributed by atoms with E-state index in [1.54, 1.807) is 24.3 Å². The zero-order valence-electron chi connectivity index (χ0n) is 10.1. The van der Waals surface area contributed by atoms with Gasteiger partial charge in [0.1, 0.15) is 29.8 Å². The lowest BCUT2D eigenvalue weighted by Crippen LogP contribution is -2.01. The monoisotopic (exact) mass is 256 g/mol. The number of aliphatic hydroxyl groups excluding tert-OH is 1. The minimum Gasteiger partial charge on any atom is -0.491 e. The summed E-state index contributed by atoms with van der Waals surface area (Å²) >= 11 is 0. The number of rotatable bonds is 4. The molecule has 0 saturated carbocycles. The molecule has 0 fully saturated rings. The fourth-order valence-corrected chi connectivity index (χ4v) is 2.10. The van der Waals surface area contributed by atoms with Gasteiger partial charge in [-0.2, -0.15) is 0 Å². The number of hydrogen-bond acceptors (Lipinski definition) is 4. The molecule has 0 aliphatic heterocycles. The van der Waals surface area contributed by atoms with Crippen LogP contribution in [0.25, 0.3) is 21.9 Å². The minimum atomic E-state index is -0.0283. The standard InChI is InChI=1S/C15H12O4/c16-5-6-18-11-2-4-15-13(8-11)12-7-10(9-17)1-3-14(12)19-15/h1-4,7-9,16H,5-6H2. The van der Waals surface area contributed by atoms with Crippen molar-refractivity contribution in [1.29, 1.82) is 0 Å². The molecule has 1 aromatic heterocycles. The maximum Gasteiger partial charge on any atom is 0.150 e. The molecule has 2 aromatic carbocycles. The largest absolute Gasteiger partial charge is 0.491 e. The molecule has 1 N–H and O–H groups in total. The second kappa shape index (κ2) is 4.74. The molecule has 0 radical (unpaired) electrons. The molecule has 0 spiro atoms. The van der Waals surface area contributed by atoms with Crippen molar-refractivity contribution in [3.8, 4) is 5.75 Å². The van der Waals surface area contributed by atoms with Gasteiger partial charge in [-0.05, 0) is 36.4 Å². The topological polar surface area (TPSA) is 59.7 Å². The van der Waals surface area contributed by atoms with E-state index in [0.29, 0.717) is 11.3 Å². The number of aldehydes is 1. The van der Waals surface area contributed by atoms with Gasteiger partial charge in [0.2, 0.25) is 0 Å². The van der Waals surface area contributed by atoms with Crippen LogP contribution in [0, 0.1) is 0 Å². The Bertz CT molecular complexity index is 742. The molecule has 4 heteroatoms. The molecule has 96 valence electrons. The van der Waals surface area contributed by atoms with Gasteiger partial charge in [0.05, 0.1) is 6.61 Å². The van der Waals surface area contributed by atoms with E-state index in [0.717, 1.165) is 28.2 Å². The smallest absolute Gasteiger partial charge is 0.150 e. The van der Waals surface area contributed by atoms with E-state index in [1.807, 2.05) is 12.1 Å². The summed E-state index contributed by atoms with van der Waals surface area (Å²) in [5.74, 6) is 0.667. The van der Waals surface area contributed by atoms with Crippen LogP contribution in [0.4, 0.5) is 0 Å². The molecule has 4 nitrogen and oxygen atoms in total. The molecule has 1 heterocycles. The van der Waals surface area contributed by atoms with Crippen LogP contribution in [-0.4, -0.2) is 24.6 Å². The van der Waals surface area contributed by atoms with Gasteiger partial charge in [0.15, 0.2) is 0 Å². The first-order valence-electron chi connectivity index (χ1n) is 5.97. The average Bonchev–Trinajstić information content (AvgIpc) is 2.82. The lowest BCUT2D eigenvalue weighted by atomic mass is 10.1. The summed E-state index contributed by atoms with van der Waals surface area (Å²) in [6.07, 6.45) is 0.810. The number of fused-ring (bicyclic) bond motifs is 3. The van der Waals surface area contributed by atoms with Crippen molar-refractivity contribution in [3.05, 3.63) is 42.0 Å². The molecule has 0 aliphatic carbocycles. The van der Waals surface area contributed by atoms with Gasteiger partial charge in [-0.1, -0.05) is 0 Å². The Morgan fingerprint density at radius 2 is 1.84 bits per heavy atom. The highest BCUT2D eigenvalue weighted by atomic mass is 16.5. The van der Waals surface area contributed by atoms with E-state index in [1.165, 1.54) is 0 Å². The summed E-state index contributed by atoms with van der Waals surface area (Å²) in [5.41, 5.74) is 2.09. The number of furan rings is 1. The van der Waals surface area contributed by atoms with Gasteiger partial charge in [-0.25, -0.2) is 0 Å². The third-order valence-corrected chi connectivity index (χ3v) is 2.96. The Balaban J connectivity index is 2.18. The molecule has 0 amide bonds. The van der Waals surface area contributed by atoms with E-state index >= 15 is 0 Å². The Kier molecular flexibility index (Phi) is 2.93. The van der Waals surface area contributed by atoms with E-state index in [2.05, 4.69) is 0 Å². The fraction of sp³-hybridized carbons (Fsp3) is 0.133. The van der Waals surface area contributed by atoms with Gasteiger partial charge in [0, 0.05) is 16.3 Å². The Hall–Kier alpha value is -2.33. The lowest BCUT2D eigenvalue weighted by Gasteiger charge is -2.03. The molecule has 3 aromatic rings. The zero-order valence-corrected chi connectivity index (χ0v) is 10.1. The first-order valence-corrected chi connectivity index (χ1v) is 5.97. The Labute approximate surface area is 109 Å². The first kappa shape index (κ1) is 11.7. The van der Waals surface area contributed by atoms with E-state index < -0.39 is 0 Å². The average molecular weight is 256 g/mol. The van der Waals surface area contributed by atoms with Crippen LogP contribution in [0.3, 0.4) is 0 Å². The van der Waals surface area contributed by atoms with Crippen LogP contribution in [0.2, 0.25) is 0 Å². The number of hydrogen-bond donors (Lipinski definition) is 1. The number of aliphatic hydroxyl groups is 1.